The number of aryl methyl sites for hydroxylation is 1. The number of likely N-dealkylation sites (tertiary alicyclic amines) is 1. The van der Waals surface area contributed by atoms with Gasteiger partial charge in [0.2, 0.25) is 10.0 Å². The van der Waals surface area contributed by atoms with Crippen molar-refractivity contribution in [3.05, 3.63) is 41.5 Å². The van der Waals surface area contributed by atoms with Gasteiger partial charge in [0.25, 0.3) is 5.91 Å². The summed E-state index contributed by atoms with van der Waals surface area (Å²) in [5, 5.41) is 9.37. The molecule has 4 rings (SSSR count). The summed E-state index contributed by atoms with van der Waals surface area (Å²) in [6, 6.07) is 8.00. The van der Waals surface area contributed by atoms with Crippen molar-refractivity contribution in [3.63, 3.8) is 0 Å². The zero-order chi connectivity index (χ0) is 25.1. The summed E-state index contributed by atoms with van der Waals surface area (Å²) in [7, 11) is -3.80. The minimum absolute atomic E-state index is 0.104. The van der Waals surface area contributed by atoms with Gasteiger partial charge in [0.1, 0.15) is 6.10 Å². The third-order valence-corrected chi connectivity index (χ3v) is 9.27. The van der Waals surface area contributed by atoms with E-state index in [1.807, 2.05) is 37.3 Å². The van der Waals surface area contributed by atoms with Crippen molar-refractivity contribution in [2.24, 2.45) is 5.41 Å². The van der Waals surface area contributed by atoms with E-state index in [4.69, 9.17) is 9.47 Å². The Kier molecular flexibility index (Phi) is 7.80. The van der Waals surface area contributed by atoms with Gasteiger partial charge in [0.05, 0.1) is 24.4 Å². The molecule has 0 spiro atoms. The monoisotopic (exact) mass is 507 g/mol. The second-order valence-electron chi connectivity index (χ2n) is 9.49. The quantitative estimate of drug-likeness (QED) is 0.445. The Morgan fingerprint density at radius 2 is 1.97 bits per heavy atom. The Balaban J connectivity index is 1.41. The lowest BCUT2D eigenvalue weighted by Gasteiger charge is -2.40. The molecule has 2 N–H and O–H groups in total. The van der Waals surface area contributed by atoms with Crippen molar-refractivity contribution < 1.29 is 32.7 Å². The number of nitrogens with one attached hydrogen (secondary N) is 1. The van der Waals surface area contributed by atoms with E-state index in [-0.39, 0.29) is 38.6 Å². The number of hydrogen-bond acceptors (Lipinski definition) is 7. The molecule has 11 heteroatoms. The Morgan fingerprint density at radius 1 is 1.23 bits per heavy atom. The van der Waals surface area contributed by atoms with Gasteiger partial charge in [-0.1, -0.05) is 30.3 Å². The highest BCUT2D eigenvalue weighted by molar-refractivity contribution is 7.89. The Labute approximate surface area is 205 Å². The molecule has 0 radical (unpaired) electrons. The van der Waals surface area contributed by atoms with Gasteiger partial charge in [-0.15, -0.1) is 0 Å². The summed E-state index contributed by atoms with van der Waals surface area (Å²) in [4.78, 5) is 26.6. The summed E-state index contributed by atoms with van der Waals surface area (Å²) in [5.41, 5.74) is 3.68. The molecule has 2 fully saturated rings. The van der Waals surface area contributed by atoms with Crippen molar-refractivity contribution >= 4 is 27.6 Å². The molecule has 3 aliphatic heterocycles. The molecule has 35 heavy (non-hydrogen) atoms. The molecule has 2 amide bonds. The second-order valence-corrected chi connectivity index (χ2v) is 11.5. The molecule has 0 aromatic heterocycles. The summed E-state index contributed by atoms with van der Waals surface area (Å²) in [6.45, 7) is 3.81. The molecular weight excluding hydrogens is 474 g/mol. The van der Waals surface area contributed by atoms with Crippen molar-refractivity contribution in [2.75, 3.05) is 45.1 Å². The van der Waals surface area contributed by atoms with Crippen molar-refractivity contribution in [1.29, 1.82) is 0 Å². The van der Waals surface area contributed by atoms with Crippen LogP contribution in [0.15, 0.2) is 30.3 Å². The molecule has 0 aliphatic carbocycles. The van der Waals surface area contributed by atoms with Crippen LogP contribution in [-0.2, 0) is 24.3 Å². The van der Waals surface area contributed by atoms with Crippen LogP contribution in [0.4, 0.5) is 4.79 Å². The normalized spacial score (nSPS) is 23.0. The maximum absolute atomic E-state index is 13.4. The smallest absolute Gasteiger partial charge is 0.410 e. The van der Waals surface area contributed by atoms with E-state index in [2.05, 4.69) is 0 Å². The number of hydrogen-bond donors (Lipinski definition) is 2. The van der Waals surface area contributed by atoms with Crippen LogP contribution in [0.5, 0.6) is 0 Å². The van der Waals surface area contributed by atoms with Crippen LogP contribution >= 0.6 is 0 Å². The van der Waals surface area contributed by atoms with Crippen LogP contribution in [-0.4, -0.2) is 86.1 Å². The lowest BCUT2D eigenvalue weighted by atomic mass is 9.79. The van der Waals surface area contributed by atoms with Crippen molar-refractivity contribution in [3.8, 4) is 0 Å². The van der Waals surface area contributed by atoms with E-state index in [9.17, 15) is 23.2 Å². The maximum Gasteiger partial charge on any atom is 0.410 e. The second kappa shape index (κ2) is 10.7. The summed E-state index contributed by atoms with van der Waals surface area (Å²) in [5.74, 6) is -1.18. The van der Waals surface area contributed by atoms with E-state index in [1.165, 1.54) is 9.21 Å². The first-order chi connectivity index (χ1) is 16.7. The van der Waals surface area contributed by atoms with E-state index >= 15 is 0 Å². The van der Waals surface area contributed by atoms with Gasteiger partial charge >= 0.3 is 6.09 Å². The van der Waals surface area contributed by atoms with Crippen LogP contribution in [0.3, 0.4) is 0 Å². The number of sulfonamides is 1. The number of piperidine rings is 1. The molecule has 1 aromatic carbocycles. The fourth-order valence-electron chi connectivity index (χ4n) is 5.02. The highest BCUT2D eigenvalue weighted by atomic mass is 32.2. The number of rotatable bonds is 6. The number of carbonyl (C=O) groups excluding carboxylic acids is 2. The standard InChI is InChI=1S/C24H33N3O7S/c1-18-4-2-3-5-21(18)19-6-11-27(12-7-19)35(31,32)17-24(22(28)25-30)9-13-26(14-10-24)23(29)34-20-8-15-33-16-20/h2-6,20,30H,7-17H2,1H3,(H,25,28)/t20-/m0/s1. The minimum atomic E-state index is -3.80. The molecule has 0 bridgehead atoms. The number of amides is 2. The Bertz CT molecular complexity index is 1070. The van der Waals surface area contributed by atoms with Gasteiger partial charge in [0.15, 0.2) is 0 Å². The lowest BCUT2D eigenvalue weighted by Crippen LogP contribution is -2.54. The average molecular weight is 508 g/mol. The SMILES string of the molecule is Cc1ccccc1C1=CCN(S(=O)(=O)CC2(C(=O)NO)CCN(C(=O)O[C@H]3CCOC3)CC2)CC1. The number of nitrogens with zero attached hydrogens (tertiary/aromatic N) is 2. The van der Waals surface area contributed by atoms with E-state index < -0.39 is 33.2 Å². The third kappa shape index (κ3) is 5.69. The Morgan fingerprint density at radius 3 is 2.57 bits per heavy atom. The average Bonchev–Trinajstić information content (AvgIpc) is 3.37. The summed E-state index contributed by atoms with van der Waals surface area (Å²) < 4.78 is 38.8. The largest absolute Gasteiger partial charge is 0.444 e. The van der Waals surface area contributed by atoms with Gasteiger partial charge in [-0.25, -0.2) is 18.7 Å². The highest BCUT2D eigenvalue weighted by Gasteiger charge is 2.47. The number of carbonyl (C=O) groups is 2. The van der Waals surface area contributed by atoms with Gasteiger partial charge in [-0.3, -0.25) is 10.0 Å². The topological polar surface area (TPSA) is 125 Å². The first-order valence-electron chi connectivity index (χ1n) is 11.9. The van der Waals surface area contributed by atoms with Gasteiger partial charge in [-0.2, -0.15) is 4.31 Å². The van der Waals surface area contributed by atoms with Gasteiger partial charge in [-0.05, 0) is 42.9 Å². The first kappa shape index (κ1) is 25.6. The van der Waals surface area contributed by atoms with Gasteiger partial charge < -0.3 is 14.4 Å². The summed E-state index contributed by atoms with van der Waals surface area (Å²) in [6.07, 6.45) is 2.57. The van der Waals surface area contributed by atoms with Gasteiger partial charge in [0, 0.05) is 32.6 Å². The van der Waals surface area contributed by atoms with E-state index in [0.717, 1.165) is 16.7 Å². The molecule has 1 atom stereocenters. The highest BCUT2D eigenvalue weighted by Crippen LogP contribution is 2.36. The molecule has 192 valence electrons. The van der Waals surface area contributed by atoms with Crippen LogP contribution in [0.25, 0.3) is 5.57 Å². The number of hydroxylamine groups is 1. The van der Waals surface area contributed by atoms with Crippen LogP contribution < -0.4 is 5.48 Å². The fraction of sp³-hybridized carbons (Fsp3) is 0.583. The fourth-order valence-corrected chi connectivity index (χ4v) is 6.99. The zero-order valence-electron chi connectivity index (χ0n) is 19.9. The first-order valence-corrected chi connectivity index (χ1v) is 13.6. The maximum atomic E-state index is 13.4. The molecular formula is C24H33N3O7S. The van der Waals surface area contributed by atoms with Crippen LogP contribution in [0, 0.1) is 12.3 Å². The predicted octanol–water partition coefficient (Wildman–Crippen LogP) is 1.93. The zero-order valence-corrected chi connectivity index (χ0v) is 20.8. The molecule has 1 aromatic rings. The molecule has 2 saturated heterocycles. The molecule has 0 saturated carbocycles. The molecule has 3 heterocycles. The van der Waals surface area contributed by atoms with E-state index in [1.54, 1.807) is 5.48 Å². The lowest BCUT2D eigenvalue weighted by molar-refractivity contribution is -0.141. The van der Waals surface area contributed by atoms with Crippen molar-refractivity contribution in [2.45, 2.75) is 38.7 Å². The minimum Gasteiger partial charge on any atom is -0.444 e. The van der Waals surface area contributed by atoms with Crippen LogP contribution in [0.1, 0.15) is 36.8 Å². The third-order valence-electron chi connectivity index (χ3n) is 7.23. The van der Waals surface area contributed by atoms with E-state index in [0.29, 0.717) is 32.6 Å². The summed E-state index contributed by atoms with van der Waals surface area (Å²) >= 11 is 0. The van der Waals surface area contributed by atoms with Crippen molar-refractivity contribution in [1.82, 2.24) is 14.7 Å². The number of ether oxygens (including phenoxy) is 2. The Hall–Kier alpha value is -2.47. The molecule has 0 unspecified atom stereocenters. The van der Waals surface area contributed by atoms with Crippen LogP contribution in [0.2, 0.25) is 0 Å². The molecule has 10 nitrogen and oxygen atoms in total. The predicted molar refractivity (Wildman–Crippen MR) is 128 cm³/mol. The molecule has 3 aliphatic rings. The number of benzene rings is 1.